The van der Waals surface area contributed by atoms with Gasteiger partial charge in [-0.2, -0.15) is 0 Å². The molecule has 0 saturated carbocycles. The van der Waals surface area contributed by atoms with Crippen LogP contribution >= 0.6 is 0 Å². The maximum Gasteiger partial charge on any atom is 0.265 e. The summed E-state index contributed by atoms with van der Waals surface area (Å²) < 4.78 is 33.5. The highest BCUT2D eigenvalue weighted by atomic mass is 32.2. The van der Waals surface area contributed by atoms with Gasteiger partial charge in [0.15, 0.2) is 0 Å². The van der Waals surface area contributed by atoms with Gasteiger partial charge < -0.3 is 14.5 Å². The molecular weight excluding hydrogens is 450 g/mol. The predicted molar refractivity (Wildman–Crippen MR) is 133 cm³/mol. The Morgan fingerprint density at radius 1 is 0.912 bits per heavy atom. The Labute approximate surface area is 200 Å². The first-order valence-electron chi connectivity index (χ1n) is 11.3. The number of amides is 1. The first-order valence-corrected chi connectivity index (χ1v) is 12.7. The molecule has 7 nitrogen and oxygen atoms in total. The van der Waals surface area contributed by atoms with Gasteiger partial charge in [0.05, 0.1) is 17.7 Å². The minimum Gasteiger partial charge on any atom is -0.497 e. The molecule has 2 heterocycles. The Balaban J connectivity index is 1.35. The average Bonchev–Trinajstić information content (AvgIpc) is 2.87. The molecule has 1 fully saturated rings. The van der Waals surface area contributed by atoms with E-state index in [9.17, 15) is 13.2 Å². The Hall–Kier alpha value is -3.52. The van der Waals surface area contributed by atoms with E-state index in [1.807, 2.05) is 55.5 Å². The highest BCUT2D eigenvalue weighted by Crippen LogP contribution is 2.43. The fourth-order valence-electron chi connectivity index (χ4n) is 4.65. The maximum absolute atomic E-state index is 13.5. The number of methoxy groups -OCH3 is 1. The van der Waals surface area contributed by atoms with Crippen molar-refractivity contribution in [3.63, 3.8) is 0 Å². The quantitative estimate of drug-likeness (QED) is 0.575. The molecule has 0 bridgehead atoms. The summed E-state index contributed by atoms with van der Waals surface area (Å²) in [6.45, 7) is 4.21. The number of rotatable bonds is 4. The molecule has 2 aliphatic rings. The van der Waals surface area contributed by atoms with E-state index in [2.05, 4.69) is 4.90 Å². The second-order valence-electron chi connectivity index (χ2n) is 8.59. The maximum atomic E-state index is 13.5. The highest BCUT2D eigenvalue weighted by Gasteiger charge is 2.37. The molecule has 5 rings (SSSR count). The molecule has 3 aromatic rings. The smallest absolute Gasteiger partial charge is 0.265 e. The fourth-order valence-corrected chi connectivity index (χ4v) is 6.29. The summed E-state index contributed by atoms with van der Waals surface area (Å²) in [6.07, 6.45) is 0. The summed E-state index contributed by atoms with van der Waals surface area (Å²) in [7, 11) is -2.20. The van der Waals surface area contributed by atoms with Crippen molar-refractivity contribution in [1.82, 2.24) is 4.90 Å². The van der Waals surface area contributed by atoms with Crippen LogP contribution in [0.5, 0.6) is 5.75 Å². The van der Waals surface area contributed by atoms with E-state index >= 15 is 0 Å². The van der Waals surface area contributed by atoms with Crippen molar-refractivity contribution in [2.45, 2.75) is 11.8 Å². The van der Waals surface area contributed by atoms with Gasteiger partial charge >= 0.3 is 0 Å². The van der Waals surface area contributed by atoms with Crippen molar-refractivity contribution in [2.24, 2.45) is 0 Å². The number of anilines is 2. The zero-order valence-electron chi connectivity index (χ0n) is 19.3. The minimum absolute atomic E-state index is 0.191. The van der Waals surface area contributed by atoms with Crippen molar-refractivity contribution >= 4 is 27.3 Å². The SMILES string of the molecule is COc1ccc(N2CCN(C(=O)CN3c4ccc(C)cc4-c4ccccc4S3(=O)=O)CC2)cc1. The van der Waals surface area contributed by atoms with Crippen LogP contribution in [0.25, 0.3) is 11.1 Å². The molecule has 0 aliphatic carbocycles. The molecule has 2 aliphatic heterocycles. The lowest BCUT2D eigenvalue weighted by Gasteiger charge is -2.38. The van der Waals surface area contributed by atoms with Crippen LogP contribution in [0.15, 0.2) is 71.6 Å². The Morgan fingerprint density at radius 2 is 1.62 bits per heavy atom. The van der Waals surface area contributed by atoms with Gasteiger partial charge in [-0.25, -0.2) is 8.42 Å². The fraction of sp³-hybridized carbons (Fsp3) is 0.269. The van der Waals surface area contributed by atoms with Crippen molar-refractivity contribution in [1.29, 1.82) is 0 Å². The van der Waals surface area contributed by atoms with Crippen LogP contribution in [0.2, 0.25) is 0 Å². The van der Waals surface area contributed by atoms with Crippen LogP contribution in [-0.4, -0.2) is 59.1 Å². The second-order valence-corrected chi connectivity index (χ2v) is 10.4. The van der Waals surface area contributed by atoms with E-state index in [-0.39, 0.29) is 17.3 Å². The molecule has 0 N–H and O–H groups in total. The molecule has 0 unspecified atom stereocenters. The summed E-state index contributed by atoms with van der Waals surface area (Å²) >= 11 is 0. The molecule has 0 aromatic heterocycles. The van der Waals surface area contributed by atoms with Crippen molar-refractivity contribution in [2.75, 3.05) is 49.0 Å². The lowest BCUT2D eigenvalue weighted by Crippen LogP contribution is -2.52. The van der Waals surface area contributed by atoms with Gasteiger partial charge in [0.2, 0.25) is 5.91 Å². The van der Waals surface area contributed by atoms with E-state index in [0.29, 0.717) is 37.4 Å². The second kappa shape index (κ2) is 8.68. The predicted octanol–water partition coefficient (Wildman–Crippen LogP) is 3.53. The molecule has 34 heavy (non-hydrogen) atoms. The van der Waals surface area contributed by atoms with Crippen molar-refractivity contribution < 1.29 is 17.9 Å². The summed E-state index contributed by atoms with van der Waals surface area (Å²) in [5.41, 5.74) is 4.18. The number of carbonyl (C=O) groups excluding carboxylic acids is 1. The van der Waals surface area contributed by atoms with E-state index in [0.717, 1.165) is 22.6 Å². The summed E-state index contributed by atoms with van der Waals surface area (Å²) in [4.78, 5) is 17.5. The zero-order valence-corrected chi connectivity index (χ0v) is 20.1. The minimum atomic E-state index is -3.84. The van der Waals surface area contributed by atoms with Gasteiger partial charge in [-0.1, -0.05) is 29.8 Å². The number of nitrogens with zero attached hydrogens (tertiary/aromatic N) is 3. The molecule has 1 saturated heterocycles. The normalized spacial score (nSPS) is 16.6. The third-order valence-corrected chi connectivity index (χ3v) is 8.33. The monoisotopic (exact) mass is 477 g/mol. The van der Waals surface area contributed by atoms with Crippen molar-refractivity contribution in [3.05, 3.63) is 72.3 Å². The van der Waals surface area contributed by atoms with Crippen LogP contribution in [0.3, 0.4) is 0 Å². The summed E-state index contributed by atoms with van der Waals surface area (Å²) in [6, 6.07) is 20.5. The number of carbonyl (C=O) groups is 1. The molecule has 8 heteroatoms. The standard InChI is InChI=1S/C26H27N3O4S/c1-19-7-12-24-23(17-19)22-5-3-4-6-25(22)34(31,32)29(24)18-26(30)28-15-13-27(14-16-28)20-8-10-21(33-2)11-9-20/h3-12,17H,13-16,18H2,1-2H3. The van der Waals surface area contributed by atoms with Crippen LogP contribution in [0, 0.1) is 6.92 Å². The number of hydrogen-bond donors (Lipinski definition) is 0. The van der Waals surface area contributed by atoms with Gasteiger partial charge in [0.1, 0.15) is 12.3 Å². The van der Waals surface area contributed by atoms with Gasteiger partial charge in [-0.3, -0.25) is 9.10 Å². The number of aryl methyl sites for hydroxylation is 1. The van der Waals surface area contributed by atoms with Crippen LogP contribution in [0.4, 0.5) is 11.4 Å². The first-order chi connectivity index (χ1) is 16.4. The Bertz CT molecular complexity index is 1330. The van der Waals surface area contributed by atoms with Crippen LogP contribution in [0.1, 0.15) is 5.56 Å². The van der Waals surface area contributed by atoms with Crippen LogP contribution < -0.4 is 13.9 Å². The zero-order chi connectivity index (χ0) is 23.9. The van der Waals surface area contributed by atoms with E-state index in [4.69, 9.17) is 4.74 Å². The van der Waals surface area contributed by atoms with Crippen molar-refractivity contribution in [3.8, 4) is 16.9 Å². The molecule has 3 aromatic carbocycles. The Morgan fingerprint density at radius 3 is 2.32 bits per heavy atom. The lowest BCUT2D eigenvalue weighted by molar-refractivity contribution is -0.129. The number of hydrogen-bond acceptors (Lipinski definition) is 5. The van der Waals surface area contributed by atoms with Gasteiger partial charge in [0.25, 0.3) is 10.0 Å². The third kappa shape index (κ3) is 3.88. The number of fused-ring (bicyclic) bond motifs is 3. The van der Waals surface area contributed by atoms with Gasteiger partial charge in [-0.05, 0) is 49.4 Å². The number of sulfonamides is 1. The molecule has 0 radical (unpaired) electrons. The topological polar surface area (TPSA) is 70.2 Å². The van der Waals surface area contributed by atoms with Gasteiger partial charge in [-0.15, -0.1) is 0 Å². The number of piperazine rings is 1. The van der Waals surface area contributed by atoms with E-state index < -0.39 is 10.0 Å². The van der Waals surface area contributed by atoms with Crippen LogP contribution in [-0.2, 0) is 14.8 Å². The molecule has 0 spiro atoms. The van der Waals surface area contributed by atoms with E-state index in [1.54, 1.807) is 30.2 Å². The number of benzene rings is 3. The number of ether oxygens (including phenoxy) is 1. The largest absolute Gasteiger partial charge is 0.497 e. The Kier molecular flexibility index (Phi) is 5.69. The highest BCUT2D eigenvalue weighted by molar-refractivity contribution is 7.93. The third-order valence-electron chi connectivity index (χ3n) is 6.51. The summed E-state index contributed by atoms with van der Waals surface area (Å²) in [5.74, 6) is 0.612. The molecule has 0 atom stereocenters. The lowest BCUT2D eigenvalue weighted by atomic mass is 10.0. The average molecular weight is 478 g/mol. The molecule has 1 amide bonds. The first kappa shape index (κ1) is 22.3. The summed E-state index contributed by atoms with van der Waals surface area (Å²) in [5, 5.41) is 0. The molecule has 176 valence electrons. The van der Waals surface area contributed by atoms with E-state index in [1.165, 1.54) is 4.31 Å². The van der Waals surface area contributed by atoms with Gasteiger partial charge in [0, 0.05) is 43.0 Å². The molecular formula is C26H27N3O4S.